The second-order valence-corrected chi connectivity index (χ2v) is 8.00. The number of hydrogen-bond donors (Lipinski definition) is 1. The Labute approximate surface area is 173 Å². The molecule has 1 unspecified atom stereocenters. The first kappa shape index (κ1) is 20.2. The number of carbonyl (C=O) groups excluding carboxylic acids is 2. The number of thiophene rings is 1. The third kappa shape index (κ3) is 3.85. The lowest BCUT2D eigenvalue weighted by Gasteiger charge is -2.15. The van der Waals surface area contributed by atoms with Crippen molar-refractivity contribution in [2.45, 2.75) is 26.8 Å². The van der Waals surface area contributed by atoms with Gasteiger partial charge in [0.25, 0.3) is 5.56 Å². The maximum Gasteiger partial charge on any atom is 0.348 e. The van der Waals surface area contributed by atoms with Crippen LogP contribution in [0.4, 0.5) is 5.69 Å². The zero-order valence-electron chi connectivity index (χ0n) is 15.5. The van der Waals surface area contributed by atoms with Crippen molar-refractivity contribution in [1.29, 1.82) is 0 Å². The molecule has 146 valence electrons. The predicted octanol–water partition coefficient (Wildman–Crippen LogP) is 3.91. The van der Waals surface area contributed by atoms with Crippen LogP contribution in [0.3, 0.4) is 0 Å². The van der Waals surface area contributed by atoms with Gasteiger partial charge in [0.1, 0.15) is 15.7 Å². The lowest BCUT2D eigenvalue weighted by Crippen LogP contribution is -2.31. The number of carbonyl (C=O) groups is 2. The summed E-state index contributed by atoms with van der Waals surface area (Å²) in [7, 11) is 0. The van der Waals surface area contributed by atoms with Crippen LogP contribution in [0.25, 0.3) is 10.2 Å². The molecule has 0 aliphatic heterocycles. The van der Waals surface area contributed by atoms with E-state index in [2.05, 4.69) is 26.2 Å². The summed E-state index contributed by atoms with van der Waals surface area (Å²) in [4.78, 5) is 42.7. The van der Waals surface area contributed by atoms with Crippen molar-refractivity contribution in [2.75, 3.05) is 11.9 Å². The summed E-state index contributed by atoms with van der Waals surface area (Å²) in [5.74, 6) is -0.820. The Bertz CT molecular complexity index is 1100. The van der Waals surface area contributed by atoms with Gasteiger partial charge in [0.05, 0.1) is 18.3 Å². The Morgan fingerprint density at radius 3 is 2.64 bits per heavy atom. The largest absolute Gasteiger partial charge is 0.462 e. The van der Waals surface area contributed by atoms with Crippen LogP contribution in [0, 0.1) is 6.92 Å². The first-order valence-corrected chi connectivity index (χ1v) is 10.2. The molecule has 2 heterocycles. The summed E-state index contributed by atoms with van der Waals surface area (Å²) in [6.07, 6.45) is 1.33. The van der Waals surface area contributed by atoms with Crippen molar-refractivity contribution < 1.29 is 14.3 Å². The number of rotatable bonds is 5. The molecule has 9 heteroatoms. The number of fused-ring (bicyclic) bond motifs is 1. The molecular formula is C19H18BrN3O4S. The summed E-state index contributed by atoms with van der Waals surface area (Å²) in [6, 6.07) is 6.36. The fourth-order valence-corrected chi connectivity index (χ4v) is 4.01. The molecule has 3 rings (SSSR count). The third-order valence-electron chi connectivity index (χ3n) is 4.25. The van der Waals surface area contributed by atoms with E-state index >= 15 is 0 Å². The monoisotopic (exact) mass is 463 g/mol. The number of aryl methyl sites for hydroxylation is 1. The van der Waals surface area contributed by atoms with E-state index in [0.29, 0.717) is 26.3 Å². The SMILES string of the molecule is CCOC(=O)c1sc2ncn(C(C)C(=O)Nc3ccc(Br)cc3)c(=O)c2c1C. The average Bonchev–Trinajstić information content (AvgIpc) is 3.01. The Balaban J connectivity index is 1.94. The summed E-state index contributed by atoms with van der Waals surface area (Å²) < 4.78 is 7.20. The first-order chi connectivity index (χ1) is 13.3. The van der Waals surface area contributed by atoms with E-state index in [-0.39, 0.29) is 18.1 Å². The van der Waals surface area contributed by atoms with Gasteiger partial charge in [-0.1, -0.05) is 15.9 Å². The van der Waals surface area contributed by atoms with Gasteiger partial charge >= 0.3 is 5.97 Å². The fraction of sp³-hybridized carbons (Fsp3) is 0.263. The highest BCUT2D eigenvalue weighted by molar-refractivity contribution is 9.10. The number of nitrogens with zero attached hydrogens (tertiary/aromatic N) is 2. The molecule has 0 saturated carbocycles. The number of halogens is 1. The van der Waals surface area contributed by atoms with Gasteiger partial charge in [0.15, 0.2) is 0 Å². The van der Waals surface area contributed by atoms with Crippen molar-refractivity contribution >= 4 is 55.0 Å². The van der Waals surface area contributed by atoms with Gasteiger partial charge in [-0.25, -0.2) is 9.78 Å². The number of anilines is 1. The van der Waals surface area contributed by atoms with Crippen molar-refractivity contribution in [3.05, 3.63) is 55.9 Å². The summed E-state index contributed by atoms with van der Waals surface area (Å²) in [5, 5.41) is 3.11. The predicted molar refractivity (Wildman–Crippen MR) is 112 cm³/mol. The lowest BCUT2D eigenvalue weighted by molar-refractivity contribution is -0.118. The molecule has 0 bridgehead atoms. The molecule has 0 saturated heterocycles. The van der Waals surface area contributed by atoms with Crippen molar-refractivity contribution in [3.8, 4) is 0 Å². The minimum absolute atomic E-state index is 0.247. The molecule has 3 aromatic rings. The standard InChI is InChI=1S/C19H18BrN3O4S/c1-4-27-19(26)15-10(2)14-17(28-15)21-9-23(18(14)25)11(3)16(24)22-13-7-5-12(20)6-8-13/h5-9,11H,4H2,1-3H3,(H,22,24). The van der Waals surface area contributed by atoms with Crippen LogP contribution in [0.2, 0.25) is 0 Å². The molecule has 28 heavy (non-hydrogen) atoms. The van der Waals surface area contributed by atoms with Gasteiger partial charge in [-0.15, -0.1) is 11.3 Å². The highest BCUT2D eigenvalue weighted by Crippen LogP contribution is 2.28. The topological polar surface area (TPSA) is 90.3 Å². The zero-order valence-corrected chi connectivity index (χ0v) is 17.9. The van der Waals surface area contributed by atoms with Crippen LogP contribution >= 0.6 is 27.3 Å². The average molecular weight is 464 g/mol. The van der Waals surface area contributed by atoms with Crippen LogP contribution in [-0.2, 0) is 9.53 Å². The molecule has 0 fully saturated rings. The maximum atomic E-state index is 13.0. The second kappa shape index (κ2) is 8.24. The van der Waals surface area contributed by atoms with Gasteiger partial charge in [-0.05, 0) is 50.6 Å². The fourth-order valence-electron chi connectivity index (χ4n) is 2.71. The number of aromatic nitrogens is 2. The van der Waals surface area contributed by atoms with Gasteiger partial charge in [-0.2, -0.15) is 0 Å². The van der Waals surface area contributed by atoms with E-state index in [0.717, 1.165) is 15.8 Å². The Morgan fingerprint density at radius 1 is 1.32 bits per heavy atom. The second-order valence-electron chi connectivity index (χ2n) is 6.09. The smallest absolute Gasteiger partial charge is 0.348 e. The number of nitrogens with one attached hydrogen (secondary N) is 1. The number of hydrogen-bond acceptors (Lipinski definition) is 6. The number of amides is 1. The van der Waals surface area contributed by atoms with Gasteiger partial charge in [0.2, 0.25) is 5.91 Å². The van der Waals surface area contributed by atoms with Crippen LogP contribution in [0.5, 0.6) is 0 Å². The molecule has 1 atom stereocenters. The molecule has 0 spiro atoms. The summed E-state index contributed by atoms with van der Waals surface area (Å²) in [6.45, 7) is 5.27. The van der Waals surface area contributed by atoms with E-state index in [4.69, 9.17) is 4.74 Å². The van der Waals surface area contributed by atoms with E-state index in [1.165, 1.54) is 10.9 Å². The molecular weight excluding hydrogens is 446 g/mol. The Hall–Kier alpha value is -2.52. The van der Waals surface area contributed by atoms with Crippen LogP contribution in [0.15, 0.2) is 39.9 Å². The minimum atomic E-state index is -0.779. The Kier molecular flexibility index (Phi) is 5.95. The van der Waals surface area contributed by atoms with Crippen molar-refractivity contribution in [3.63, 3.8) is 0 Å². The van der Waals surface area contributed by atoms with Gasteiger partial charge < -0.3 is 10.1 Å². The molecule has 0 aliphatic rings. The quantitative estimate of drug-likeness (QED) is 0.579. The molecule has 1 amide bonds. The summed E-state index contributed by atoms with van der Waals surface area (Å²) >= 11 is 4.45. The first-order valence-electron chi connectivity index (χ1n) is 8.57. The summed E-state index contributed by atoms with van der Waals surface area (Å²) in [5.41, 5.74) is 0.775. The van der Waals surface area contributed by atoms with Crippen molar-refractivity contribution in [1.82, 2.24) is 9.55 Å². The highest BCUT2D eigenvalue weighted by Gasteiger charge is 2.23. The molecule has 2 aromatic heterocycles. The van der Waals surface area contributed by atoms with Crippen LogP contribution < -0.4 is 10.9 Å². The van der Waals surface area contributed by atoms with E-state index < -0.39 is 12.0 Å². The number of ether oxygens (including phenoxy) is 1. The van der Waals surface area contributed by atoms with Gasteiger partial charge in [0, 0.05) is 10.2 Å². The normalized spacial score (nSPS) is 12.0. The molecule has 0 aliphatic carbocycles. The van der Waals surface area contributed by atoms with Gasteiger partial charge in [-0.3, -0.25) is 14.2 Å². The number of esters is 1. The highest BCUT2D eigenvalue weighted by atomic mass is 79.9. The molecule has 7 nitrogen and oxygen atoms in total. The van der Waals surface area contributed by atoms with E-state index in [9.17, 15) is 14.4 Å². The maximum absolute atomic E-state index is 13.0. The van der Waals surface area contributed by atoms with Crippen molar-refractivity contribution in [2.24, 2.45) is 0 Å². The van der Waals surface area contributed by atoms with Crippen LogP contribution in [-0.4, -0.2) is 28.0 Å². The molecule has 1 aromatic carbocycles. The number of benzene rings is 1. The van der Waals surface area contributed by atoms with E-state index in [1.807, 2.05) is 12.1 Å². The lowest BCUT2D eigenvalue weighted by atomic mass is 10.2. The Morgan fingerprint density at radius 2 is 2.00 bits per heavy atom. The van der Waals surface area contributed by atoms with E-state index in [1.54, 1.807) is 32.9 Å². The zero-order chi connectivity index (χ0) is 20.4. The molecule has 0 radical (unpaired) electrons. The third-order valence-corrected chi connectivity index (χ3v) is 5.95. The molecule has 1 N–H and O–H groups in total. The minimum Gasteiger partial charge on any atom is -0.462 e. The van der Waals surface area contributed by atoms with Crippen LogP contribution in [0.1, 0.15) is 35.1 Å².